The van der Waals surface area contributed by atoms with Crippen molar-refractivity contribution in [2.45, 2.75) is 65.8 Å². The molecule has 0 radical (unpaired) electrons. The minimum atomic E-state index is -1.26. The number of aliphatic hydroxyl groups excluding tert-OH is 1. The standard InChI is InChI=1S/C36H42N4O8/c1-8-20-16(2)24(40-35(20)45)13-23-18(4)22(9-10-28(43)47-6)32(38-23)30-31(36(46)48-7)34(44)29-19(5)25(39-33(29)30)14-26-21(11-12-41)17(3)27(15-42)37-26/h8,15,18,22,24,31,37,39,41H,1,9-14H2,2-7H3,(H,40,45). The van der Waals surface area contributed by atoms with Gasteiger partial charge in [-0.05, 0) is 55.9 Å². The molecule has 4 unspecified atom stereocenters. The molecular formula is C36H42N4O8. The molecule has 0 bridgehead atoms. The molecule has 254 valence electrons. The van der Waals surface area contributed by atoms with Gasteiger partial charge in [0, 0.05) is 71.5 Å². The Bertz CT molecular complexity index is 1820. The van der Waals surface area contributed by atoms with Crippen molar-refractivity contribution in [2.24, 2.45) is 22.7 Å². The molecule has 2 aromatic rings. The van der Waals surface area contributed by atoms with Gasteiger partial charge in [0.25, 0.3) is 5.91 Å². The third kappa shape index (κ3) is 5.78. The van der Waals surface area contributed by atoms with Crippen LogP contribution in [0.25, 0.3) is 5.57 Å². The zero-order chi connectivity index (χ0) is 35.0. The maximum absolute atomic E-state index is 14.1. The first kappa shape index (κ1) is 34.5. The SMILES string of the molecule is C=CC1=C(C)C(CC2=NC(=C3c4[nH]c(Cc5[nH]c(C=O)c(C)c5CCO)c(C)c4C(=O)C3C(=O)OC)C(CCC(=O)OC)C2C)NC1=O. The number of aliphatic imine (C=N–C) groups is 1. The third-order valence-corrected chi connectivity index (χ3v) is 10.2. The number of aldehydes is 1. The number of aromatic nitrogens is 2. The number of aliphatic hydroxyl groups is 1. The summed E-state index contributed by atoms with van der Waals surface area (Å²) in [5.41, 5.74) is 8.04. The van der Waals surface area contributed by atoms with Crippen molar-refractivity contribution in [3.63, 3.8) is 0 Å². The molecule has 0 aromatic carbocycles. The van der Waals surface area contributed by atoms with Gasteiger partial charge in [-0.1, -0.05) is 19.6 Å². The number of amides is 1. The Kier molecular flexibility index (Phi) is 9.86. The molecule has 1 aliphatic carbocycles. The summed E-state index contributed by atoms with van der Waals surface area (Å²) in [5.74, 6) is -3.50. The van der Waals surface area contributed by atoms with E-state index < -0.39 is 23.6 Å². The van der Waals surface area contributed by atoms with Gasteiger partial charge in [0.2, 0.25) is 0 Å². The molecule has 2 aromatic heterocycles. The summed E-state index contributed by atoms with van der Waals surface area (Å²) in [6.45, 7) is 11.2. The highest BCUT2D eigenvalue weighted by molar-refractivity contribution is 6.24. The van der Waals surface area contributed by atoms with Gasteiger partial charge in [-0.25, -0.2) is 0 Å². The van der Waals surface area contributed by atoms with Crippen molar-refractivity contribution in [1.29, 1.82) is 0 Å². The van der Waals surface area contributed by atoms with Crippen LogP contribution in [-0.4, -0.2) is 77.6 Å². The molecule has 48 heavy (non-hydrogen) atoms. The predicted molar refractivity (Wildman–Crippen MR) is 178 cm³/mol. The Morgan fingerprint density at radius 1 is 1.06 bits per heavy atom. The monoisotopic (exact) mass is 658 g/mol. The summed E-state index contributed by atoms with van der Waals surface area (Å²) in [4.78, 5) is 75.6. The van der Waals surface area contributed by atoms with E-state index in [1.54, 1.807) is 0 Å². The first-order valence-corrected chi connectivity index (χ1v) is 16.0. The number of methoxy groups -OCH3 is 2. The van der Waals surface area contributed by atoms with E-state index >= 15 is 0 Å². The van der Waals surface area contributed by atoms with Gasteiger partial charge in [0.1, 0.15) is 5.92 Å². The molecule has 5 rings (SSSR count). The maximum Gasteiger partial charge on any atom is 0.321 e. The van der Waals surface area contributed by atoms with Gasteiger partial charge < -0.3 is 29.9 Å². The predicted octanol–water partition coefficient (Wildman–Crippen LogP) is 3.65. The average Bonchev–Trinajstić information content (AvgIpc) is 3.81. The molecule has 12 heteroatoms. The first-order chi connectivity index (χ1) is 22.9. The molecule has 0 spiro atoms. The Balaban J connectivity index is 1.66. The summed E-state index contributed by atoms with van der Waals surface area (Å²) >= 11 is 0. The molecule has 4 N–H and O–H groups in total. The van der Waals surface area contributed by atoms with Gasteiger partial charge in [0.05, 0.1) is 37.3 Å². The Labute approximate surface area is 278 Å². The zero-order valence-corrected chi connectivity index (χ0v) is 28.2. The summed E-state index contributed by atoms with van der Waals surface area (Å²) < 4.78 is 10.1. The van der Waals surface area contributed by atoms with Crippen molar-refractivity contribution in [2.75, 3.05) is 20.8 Å². The average molecular weight is 659 g/mol. The third-order valence-electron chi connectivity index (χ3n) is 10.2. The Morgan fingerprint density at radius 3 is 2.40 bits per heavy atom. The quantitative estimate of drug-likeness (QED) is 0.152. The molecule has 12 nitrogen and oxygen atoms in total. The number of fused-ring (bicyclic) bond motifs is 1. The number of nitrogens with one attached hydrogen (secondary N) is 3. The van der Waals surface area contributed by atoms with Gasteiger partial charge in [-0.15, -0.1) is 0 Å². The highest BCUT2D eigenvalue weighted by Gasteiger charge is 2.48. The van der Waals surface area contributed by atoms with Crippen molar-refractivity contribution < 1.29 is 38.6 Å². The van der Waals surface area contributed by atoms with Crippen LogP contribution in [-0.2, 0) is 36.7 Å². The summed E-state index contributed by atoms with van der Waals surface area (Å²) in [6.07, 6.45) is 3.81. The van der Waals surface area contributed by atoms with E-state index in [0.717, 1.165) is 34.4 Å². The van der Waals surface area contributed by atoms with Crippen LogP contribution in [0.4, 0.5) is 0 Å². The lowest BCUT2D eigenvalue weighted by Crippen LogP contribution is -2.32. The smallest absolute Gasteiger partial charge is 0.321 e. The van der Waals surface area contributed by atoms with Crippen molar-refractivity contribution in [3.8, 4) is 0 Å². The molecule has 0 fully saturated rings. The normalized spacial score (nSPS) is 23.4. The minimum absolute atomic E-state index is 0.0972. The van der Waals surface area contributed by atoms with Gasteiger partial charge in [0.15, 0.2) is 12.1 Å². The molecule has 0 saturated carbocycles. The fourth-order valence-electron chi connectivity index (χ4n) is 7.43. The molecule has 1 amide bonds. The number of Topliss-reactive ketones (excluding diaryl/α,β-unsaturated/α-hetero) is 1. The first-order valence-electron chi connectivity index (χ1n) is 16.0. The number of hydrogen-bond donors (Lipinski definition) is 4. The number of rotatable bonds is 12. The number of allylic oxidation sites excluding steroid dienone is 1. The van der Waals surface area contributed by atoms with Gasteiger partial charge in [-0.3, -0.25) is 29.0 Å². The largest absolute Gasteiger partial charge is 0.469 e. The van der Waals surface area contributed by atoms with Crippen LogP contribution in [0.15, 0.2) is 34.5 Å². The van der Waals surface area contributed by atoms with E-state index in [4.69, 9.17) is 14.5 Å². The van der Waals surface area contributed by atoms with Crippen LogP contribution in [0, 0.1) is 31.6 Å². The van der Waals surface area contributed by atoms with E-state index in [2.05, 4.69) is 21.9 Å². The fourth-order valence-corrected chi connectivity index (χ4v) is 7.43. The number of H-pyrrole nitrogens is 2. The molecule has 4 atom stereocenters. The number of esters is 2. The van der Waals surface area contributed by atoms with Gasteiger partial charge in [-0.2, -0.15) is 0 Å². The van der Waals surface area contributed by atoms with Crippen LogP contribution in [0.2, 0.25) is 0 Å². The summed E-state index contributed by atoms with van der Waals surface area (Å²) in [7, 11) is 2.56. The van der Waals surface area contributed by atoms with Crippen LogP contribution < -0.4 is 5.32 Å². The summed E-state index contributed by atoms with van der Waals surface area (Å²) in [6, 6.07) is -0.303. The maximum atomic E-state index is 14.1. The van der Waals surface area contributed by atoms with Crippen LogP contribution in [0.5, 0.6) is 0 Å². The molecule has 0 saturated heterocycles. The molecule has 3 aliphatic rings. The number of aromatic amines is 2. The Hall–Kier alpha value is -4.84. The number of carbonyl (C=O) groups is 5. The van der Waals surface area contributed by atoms with Crippen LogP contribution in [0.3, 0.4) is 0 Å². The molecule has 2 aliphatic heterocycles. The van der Waals surface area contributed by atoms with Crippen molar-refractivity contribution in [3.05, 3.63) is 74.5 Å². The van der Waals surface area contributed by atoms with Crippen LogP contribution in [0.1, 0.15) is 87.7 Å². The topological polar surface area (TPSA) is 180 Å². The van der Waals surface area contributed by atoms with Crippen molar-refractivity contribution in [1.82, 2.24) is 15.3 Å². The number of ether oxygens (including phenoxy) is 2. The van der Waals surface area contributed by atoms with E-state index in [1.807, 2.05) is 27.7 Å². The summed E-state index contributed by atoms with van der Waals surface area (Å²) in [5, 5.41) is 12.7. The highest BCUT2D eigenvalue weighted by atomic mass is 16.5. The second-order valence-electron chi connectivity index (χ2n) is 12.6. The van der Waals surface area contributed by atoms with Gasteiger partial charge >= 0.3 is 11.9 Å². The number of nitrogens with zero attached hydrogens (tertiary/aromatic N) is 1. The molecule has 4 heterocycles. The van der Waals surface area contributed by atoms with Crippen molar-refractivity contribution >= 4 is 41.2 Å². The lowest BCUT2D eigenvalue weighted by molar-refractivity contribution is -0.142. The number of carbonyl (C=O) groups excluding carboxylic acids is 5. The minimum Gasteiger partial charge on any atom is -0.469 e. The van der Waals surface area contributed by atoms with E-state index in [-0.39, 0.29) is 36.8 Å². The fraction of sp³-hybridized carbons (Fsp3) is 0.444. The second-order valence-corrected chi connectivity index (χ2v) is 12.6. The molecular weight excluding hydrogens is 616 g/mol. The van der Waals surface area contributed by atoms with E-state index in [0.29, 0.717) is 70.7 Å². The lowest BCUT2D eigenvalue weighted by Gasteiger charge is -2.21. The zero-order valence-electron chi connectivity index (χ0n) is 28.2. The highest BCUT2D eigenvalue weighted by Crippen LogP contribution is 2.48. The van der Waals surface area contributed by atoms with Crippen LogP contribution >= 0.6 is 0 Å². The van der Waals surface area contributed by atoms with E-state index in [1.165, 1.54) is 20.3 Å². The lowest BCUT2D eigenvalue weighted by atomic mass is 9.82. The number of ketones is 1. The van der Waals surface area contributed by atoms with E-state index in [9.17, 15) is 29.1 Å². The Morgan fingerprint density at radius 2 is 1.79 bits per heavy atom. The number of hydrogen-bond acceptors (Lipinski definition) is 9. The second kappa shape index (κ2) is 13.7.